The molecular weight excluding hydrogens is 449 g/mol. The van der Waals surface area contributed by atoms with E-state index in [9.17, 15) is 9.36 Å². The van der Waals surface area contributed by atoms with E-state index in [1.165, 1.54) is 7.11 Å². The number of benzene rings is 4. The number of esters is 1. The van der Waals surface area contributed by atoms with Gasteiger partial charge >= 0.3 is 13.6 Å². The molecule has 0 aromatic heterocycles. The Bertz CT molecular complexity index is 1200. The number of carbonyl (C=O) groups excluding carboxylic acids is 1. The lowest BCUT2D eigenvalue weighted by Crippen LogP contribution is -2.18. The van der Waals surface area contributed by atoms with E-state index in [0.29, 0.717) is 22.7 Å². The lowest BCUT2D eigenvalue weighted by molar-refractivity contribution is 0.0600. The number of anilines is 1. The third-order valence-corrected chi connectivity index (χ3v) is 6.98. The topological polar surface area (TPSA) is 73.9 Å². The second-order valence-corrected chi connectivity index (χ2v) is 9.34. The minimum Gasteiger partial charge on any atom is -0.465 e. The van der Waals surface area contributed by atoms with Crippen LogP contribution < -0.4 is 14.4 Å². The molecule has 0 radical (unpaired) electrons. The largest absolute Gasteiger partial charge is 0.465 e. The Labute approximate surface area is 198 Å². The first-order chi connectivity index (χ1) is 16.6. The molecule has 172 valence electrons. The van der Waals surface area contributed by atoms with Gasteiger partial charge in [-0.25, -0.2) is 9.36 Å². The molecule has 0 amide bonds. The molecule has 4 aromatic carbocycles. The summed E-state index contributed by atoms with van der Waals surface area (Å²) >= 11 is 0. The number of rotatable bonds is 9. The molecule has 7 heteroatoms. The molecule has 1 unspecified atom stereocenters. The molecule has 0 spiro atoms. The molecule has 1 atom stereocenters. The van der Waals surface area contributed by atoms with E-state index in [2.05, 4.69) is 5.32 Å². The summed E-state index contributed by atoms with van der Waals surface area (Å²) in [6.07, 6.45) is 0. The van der Waals surface area contributed by atoms with Crippen molar-refractivity contribution in [1.29, 1.82) is 0 Å². The minimum atomic E-state index is -3.90. The first kappa shape index (κ1) is 23.1. The van der Waals surface area contributed by atoms with Gasteiger partial charge in [0.25, 0.3) is 0 Å². The van der Waals surface area contributed by atoms with Crippen LogP contribution >= 0.6 is 7.60 Å². The molecule has 0 aliphatic heterocycles. The van der Waals surface area contributed by atoms with Crippen LogP contribution in [0, 0.1) is 0 Å². The first-order valence-electron chi connectivity index (χ1n) is 10.7. The van der Waals surface area contributed by atoms with Crippen molar-refractivity contribution in [3.05, 3.63) is 126 Å². The summed E-state index contributed by atoms with van der Waals surface area (Å²) < 4.78 is 31.4. The van der Waals surface area contributed by atoms with Crippen LogP contribution in [0.3, 0.4) is 0 Å². The number of carbonyl (C=O) groups is 1. The van der Waals surface area contributed by atoms with Crippen LogP contribution in [-0.2, 0) is 9.30 Å². The Morgan fingerprint density at radius 1 is 0.706 bits per heavy atom. The molecule has 0 aliphatic rings. The van der Waals surface area contributed by atoms with Crippen LogP contribution in [0.4, 0.5) is 5.69 Å². The van der Waals surface area contributed by atoms with Gasteiger partial charge in [-0.3, -0.25) is 0 Å². The second-order valence-electron chi connectivity index (χ2n) is 7.38. The van der Waals surface area contributed by atoms with Gasteiger partial charge in [-0.05, 0) is 54.1 Å². The van der Waals surface area contributed by atoms with Crippen LogP contribution in [0.25, 0.3) is 0 Å². The van der Waals surface area contributed by atoms with Crippen molar-refractivity contribution in [2.45, 2.75) is 5.78 Å². The lowest BCUT2D eigenvalue weighted by Gasteiger charge is -2.29. The summed E-state index contributed by atoms with van der Waals surface area (Å²) in [4.78, 5) is 11.8. The zero-order valence-corrected chi connectivity index (χ0v) is 19.4. The maximum absolute atomic E-state index is 14.5. The number of hydrogen-bond donors (Lipinski definition) is 1. The Hall–Kier alpha value is -4.02. The van der Waals surface area contributed by atoms with Gasteiger partial charge in [0.2, 0.25) is 0 Å². The number of para-hydroxylation sites is 2. The average molecular weight is 473 g/mol. The van der Waals surface area contributed by atoms with E-state index in [1.807, 2.05) is 42.5 Å². The number of hydrogen-bond acceptors (Lipinski definition) is 6. The number of nitrogens with one attached hydrogen (secondary N) is 1. The molecular formula is C27H24NO5P. The first-order valence-corrected chi connectivity index (χ1v) is 12.3. The van der Waals surface area contributed by atoms with Gasteiger partial charge in [-0.1, -0.05) is 66.7 Å². The van der Waals surface area contributed by atoms with E-state index in [0.717, 1.165) is 5.56 Å². The van der Waals surface area contributed by atoms with Gasteiger partial charge in [-0.2, -0.15) is 0 Å². The summed E-state index contributed by atoms with van der Waals surface area (Å²) in [5, 5.41) is 3.30. The van der Waals surface area contributed by atoms with Gasteiger partial charge < -0.3 is 19.1 Å². The van der Waals surface area contributed by atoms with Gasteiger partial charge in [0.1, 0.15) is 11.5 Å². The van der Waals surface area contributed by atoms with Crippen molar-refractivity contribution in [1.82, 2.24) is 0 Å². The quantitative estimate of drug-likeness (QED) is 0.210. The van der Waals surface area contributed by atoms with E-state index in [1.54, 1.807) is 72.8 Å². The normalized spacial score (nSPS) is 11.8. The summed E-state index contributed by atoms with van der Waals surface area (Å²) in [5.41, 5.74) is 1.76. The third kappa shape index (κ3) is 5.66. The van der Waals surface area contributed by atoms with Gasteiger partial charge in [0.05, 0.1) is 12.7 Å². The molecule has 34 heavy (non-hydrogen) atoms. The van der Waals surface area contributed by atoms with Crippen LogP contribution in [-0.4, -0.2) is 13.1 Å². The fourth-order valence-corrected chi connectivity index (χ4v) is 5.26. The summed E-state index contributed by atoms with van der Waals surface area (Å²) in [6, 6.07) is 33.9. The number of ether oxygens (including phenoxy) is 1. The summed E-state index contributed by atoms with van der Waals surface area (Å²) in [6.45, 7) is 0. The molecule has 0 saturated heterocycles. The van der Waals surface area contributed by atoms with Crippen molar-refractivity contribution < 1.29 is 23.1 Å². The Morgan fingerprint density at radius 2 is 1.18 bits per heavy atom. The van der Waals surface area contributed by atoms with Crippen molar-refractivity contribution in [2.24, 2.45) is 0 Å². The Kier molecular flexibility index (Phi) is 7.31. The smallest absolute Gasteiger partial charge is 0.457 e. The monoisotopic (exact) mass is 473 g/mol. The predicted molar refractivity (Wildman–Crippen MR) is 132 cm³/mol. The molecule has 0 saturated carbocycles. The highest BCUT2D eigenvalue weighted by molar-refractivity contribution is 7.55. The van der Waals surface area contributed by atoms with Crippen molar-refractivity contribution >= 4 is 19.3 Å². The van der Waals surface area contributed by atoms with Gasteiger partial charge in [-0.15, -0.1) is 0 Å². The fraction of sp³-hybridized carbons (Fsp3) is 0.0741. The summed E-state index contributed by atoms with van der Waals surface area (Å²) in [5.74, 6) is -0.439. The molecule has 0 heterocycles. The van der Waals surface area contributed by atoms with E-state index in [-0.39, 0.29) is 0 Å². The average Bonchev–Trinajstić information content (AvgIpc) is 2.88. The highest BCUT2D eigenvalue weighted by Crippen LogP contribution is 2.60. The maximum Gasteiger partial charge on any atom is 0.457 e. The SMILES string of the molecule is COC(=O)c1ccc(NC(c2ccccc2)P(=O)(Oc2ccccc2)Oc2ccccc2)cc1. The highest BCUT2D eigenvalue weighted by Gasteiger charge is 2.41. The van der Waals surface area contributed by atoms with E-state index >= 15 is 0 Å². The van der Waals surface area contributed by atoms with Crippen LogP contribution in [0.2, 0.25) is 0 Å². The molecule has 4 aromatic rings. The fourth-order valence-electron chi connectivity index (χ4n) is 3.34. The van der Waals surface area contributed by atoms with Crippen LogP contribution in [0.15, 0.2) is 115 Å². The van der Waals surface area contributed by atoms with Crippen molar-refractivity contribution in [2.75, 3.05) is 12.4 Å². The zero-order chi connectivity index (χ0) is 23.8. The molecule has 6 nitrogen and oxygen atoms in total. The second kappa shape index (κ2) is 10.7. The third-order valence-electron chi connectivity index (χ3n) is 4.99. The Morgan fingerprint density at radius 3 is 1.65 bits per heavy atom. The maximum atomic E-state index is 14.5. The zero-order valence-electron chi connectivity index (χ0n) is 18.5. The van der Waals surface area contributed by atoms with Crippen molar-refractivity contribution in [3.8, 4) is 11.5 Å². The predicted octanol–water partition coefficient (Wildman–Crippen LogP) is 6.94. The molecule has 1 N–H and O–H groups in total. The molecule has 0 fully saturated rings. The van der Waals surface area contributed by atoms with E-state index in [4.69, 9.17) is 13.8 Å². The highest BCUT2D eigenvalue weighted by atomic mass is 31.2. The molecule has 4 rings (SSSR count). The van der Waals surface area contributed by atoms with Crippen molar-refractivity contribution in [3.63, 3.8) is 0 Å². The van der Waals surface area contributed by atoms with Crippen LogP contribution in [0.1, 0.15) is 21.7 Å². The molecule has 0 aliphatic carbocycles. The Balaban J connectivity index is 1.75. The minimum absolute atomic E-state index is 0.411. The van der Waals surface area contributed by atoms with E-state index < -0.39 is 19.3 Å². The van der Waals surface area contributed by atoms with Gasteiger partial charge in [0, 0.05) is 5.69 Å². The van der Waals surface area contributed by atoms with Gasteiger partial charge in [0.15, 0.2) is 5.78 Å². The standard InChI is InChI=1S/C27H24NO5P/c1-31-27(29)22-17-19-23(20-18-22)28-26(21-11-5-2-6-12-21)34(30,32-24-13-7-3-8-14-24)33-25-15-9-4-10-16-25/h2-20,26,28H,1H3. The number of methoxy groups -OCH3 is 1. The van der Waals surface area contributed by atoms with Crippen LogP contribution in [0.5, 0.6) is 11.5 Å². The molecule has 0 bridgehead atoms. The summed E-state index contributed by atoms with van der Waals surface area (Å²) in [7, 11) is -2.57. The lowest BCUT2D eigenvalue weighted by atomic mass is 10.2.